The van der Waals surface area contributed by atoms with Gasteiger partial charge in [0.15, 0.2) is 0 Å². The van der Waals surface area contributed by atoms with Crippen LogP contribution in [-0.4, -0.2) is 23.7 Å². The van der Waals surface area contributed by atoms with Crippen molar-refractivity contribution in [2.24, 2.45) is 5.92 Å². The summed E-state index contributed by atoms with van der Waals surface area (Å²) in [6.45, 7) is 4.53. The molecule has 0 saturated heterocycles. The highest BCUT2D eigenvalue weighted by Gasteiger charge is 2.19. The molecule has 0 spiro atoms. The first-order valence-corrected chi connectivity index (χ1v) is 11.7. The Morgan fingerprint density at radius 1 is 0.786 bits per heavy atom. The fourth-order valence-electron chi connectivity index (χ4n) is 3.27. The first-order chi connectivity index (χ1) is 13.6. The predicted molar refractivity (Wildman–Crippen MR) is 116 cm³/mol. The van der Waals surface area contributed by atoms with Crippen LogP contribution in [0.3, 0.4) is 0 Å². The average Bonchev–Trinajstić information content (AvgIpc) is 2.67. The predicted octanol–water partition coefficient (Wildman–Crippen LogP) is 7.07. The van der Waals surface area contributed by atoms with Crippen LogP contribution in [-0.2, 0) is 14.3 Å². The highest BCUT2D eigenvalue weighted by Crippen LogP contribution is 2.14. The lowest BCUT2D eigenvalue weighted by Gasteiger charge is -2.09. The van der Waals surface area contributed by atoms with Gasteiger partial charge in [-0.1, -0.05) is 103 Å². The topological polar surface area (TPSA) is 63.6 Å². The molecule has 0 aliphatic rings. The van der Waals surface area contributed by atoms with Gasteiger partial charge in [-0.05, 0) is 19.3 Å². The zero-order valence-electron chi connectivity index (χ0n) is 18.4. The van der Waals surface area contributed by atoms with Gasteiger partial charge in [-0.3, -0.25) is 9.59 Å². The second-order valence-corrected chi connectivity index (χ2v) is 7.83. The Morgan fingerprint density at radius 2 is 1.29 bits per heavy atom. The summed E-state index contributed by atoms with van der Waals surface area (Å²) < 4.78 is 5.08. The molecule has 0 aliphatic heterocycles. The van der Waals surface area contributed by atoms with Crippen molar-refractivity contribution >= 4 is 11.9 Å². The Labute approximate surface area is 173 Å². The summed E-state index contributed by atoms with van der Waals surface area (Å²) in [6.07, 6.45) is 22.4. The van der Waals surface area contributed by atoms with Crippen molar-refractivity contribution in [1.82, 2.24) is 0 Å². The van der Waals surface area contributed by atoms with Gasteiger partial charge in [-0.25, -0.2) is 0 Å². The number of carboxylic acids is 1. The van der Waals surface area contributed by atoms with E-state index in [0.717, 1.165) is 19.3 Å². The third-order valence-electron chi connectivity index (χ3n) is 4.99. The van der Waals surface area contributed by atoms with Crippen molar-refractivity contribution in [1.29, 1.82) is 0 Å². The van der Waals surface area contributed by atoms with Crippen LogP contribution in [0.1, 0.15) is 117 Å². The molecule has 0 amide bonds. The first kappa shape index (κ1) is 26.7. The van der Waals surface area contributed by atoms with Crippen molar-refractivity contribution in [2.75, 3.05) is 6.61 Å². The van der Waals surface area contributed by atoms with E-state index in [0.29, 0.717) is 6.61 Å². The van der Waals surface area contributed by atoms with Crippen LogP contribution in [0.2, 0.25) is 0 Å². The Morgan fingerprint density at radius 3 is 1.75 bits per heavy atom. The zero-order valence-corrected chi connectivity index (χ0v) is 18.4. The molecule has 0 heterocycles. The second-order valence-electron chi connectivity index (χ2n) is 7.83. The fraction of sp³-hybridized carbons (Fsp3) is 0.833. The molecule has 28 heavy (non-hydrogen) atoms. The summed E-state index contributed by atoms with van der Waals surface area (Å²) in [5.74, 6) is -2.05. The van der Waals surface area contributed by atoms with Crippen molar-refractivity contribution in [3.05, 3.63) is 12.2 Å². The van der Waals surface area contributed by atoms with Gasteiger partial charge in [-0.15, -0.1) is 0 Å². The van der Waals surface area contributed by atoms with E-state index in [4.69, 9.17) is 9.84 Å². The smallest absolute Gasteiger partial charge is 0.313 e. The number of esters is 1. The quantitative estimate of drug-likeness (QED) is 0.136. The lowest BCUT2D eigenvalue weighted by molar-refractivity contribution is -0.151. The summed E-state index contributed by atoms with van der Waals surface area (Å²) in [6, 6.07) is 0. The lowest BCUT2D eigenvalue weighted by atomic mass is 10.0. The van der Waals surface area contributed by atoms with E-state index < -0.39 is 17.9 Å². The number of hydrogen-bond donors (Lipinski definition) is 1. The SMILES string of the molecule is CCCCCCCCCCCCCCC/C=C/C(CC(=O)O)C(=O)OCCC. The minimum atomic E-state index is -0.968. The van der Waals surface area contributed by atoms with Gasteiger partial charge in [0.1, 0.15) is 0 Å². The zero-order chi connectivity index (χ0) is 20.9. The molecule has 164 valence electrons. The van der Waals surface area contributed by atoms with Crippen LogP contribution >= 0.6 is 0 Å². The largest absolute Gasteiger partial charge is 0.481 e. The number of hydrogen-bond acceptors (Lipinski definition) is 3. The molecule has 0 aromatic rings. The van der Waals surface area contributed by atoms with Crippen molar-refractivity contribution < 1.29 is 19.4 Å². The maximum Gasteiger partial charge on any atom is 0.313 e. The lowest BCUT2D eigenvalue weighted by Crippen LogP contribution is -2.19. The summed E-state index contributed by atoms with van der Waals surface area (Å²) in [5.41, 5.74) is 0. The fourth-order valence-corrected chi connectivity index (χ4v) is 3.27. The number of allylic oxidation sites excluding steroid dienone is 1. The number of carboxylic acid groups (broad SMARTS) is 1. The molecular weight excluding hydrogens is 352 g/mol. The van der Waals surface area contributed by atoms with Crippen molar-refractivity contribution in [3.63, 3.8) is 0 Å². The van der Waals surface area contributed by atoms with Crippen molar-refractivity contribution in [2.45, 2.75) is 117 Å². The molecule has 4 heteroatoms. The third-order valence-corrected chi connectivity index (χ3v) is 4.99. The Hall–Kier alpha value is -1.32. The minimum Gasteiger partial charge on any atom is -0.481 e. The second kappa shape index (κ2) is 20.4. The van der Waals surface area contributed by atoms with E-state index in [2.05, 4.69) is 6.92 Å². The van der Waals surface area contributed by atoms with Crippen molar-refractivity contribution in [3.8, 4) is 0 Å². The van der Waals surface area contributed by atoms with Gasteiger partial charge in [0, 0.05) is 0 Å². The number of ether oxygens (including phenoxy) is 1. The number of carbonyl (C=O) groups is 2. The number of unbranched alkanes of at least 4 members (excludes halogenated alkanes) is 13. The monoisotopic (exact) mass is 396 g/mol. The molecule has 4 nitrogen and oxygen atoms in total. The molecule has 0 fully saturated rings. The Kier molecular flexibility index (Phi) is 19.5. The van der Waals surface area contributed by atoms with Gasteiger partial charge in [0.2, 0.25) is 0 Å². The van der Waals surface area contributed by atoms with E-state index in [1.165, 1.54) is 77.0 Å². The Bertz CT molecular complexity index is 403. The average molecular weight is 397 g/mol. The molecule has 0 aliphatic carbocycles. The molecule has 1 N–H and O–H groups in total. The number of aliphatic carboxylic acids is 1. The third kappa shape index (κ3) is 18.1. The molecule has 0 aromatic carbocycles. The standard InChI is InChI=1S/C24H44O4/c1-3-5-6-7-8-9-10-11-12-13-14-15-16-17-18-19-22(21-23(25)26)24(27)28-20-4-2/h18-19,22H,3-17,20-21H2,1-2H3,(H,25,26)/b19-18+. The normalized spacial score (nSPS) is 12.4. The molecular formula is C24H44O4. The molecule has 1 unspecified atom stereocenters. The number of carbonyl (C=O) groups excluding carboxylic acids is 1. The van der Waals surface area contributed by atoms with Gasteiger partial charge in [-0.2, -0.15) is 0 Å². The Balaban J connectivity index is 3.62. The van der Waals surface area contributed by atoms with Gasteiger partial charge >= 0.3 is 11.9 Å². The number of rotatable bonds is 20. The van der Waals surface area contributed by atoms with Gasteiger partial charge in [0.05, 0.1) is 18.9 Å². The molecule has 0 aromatic heterocycles. The summed E-state index contributed by atoms with van der Waals surface area (Å²) in [7, 11) is 0. The summed E-state index contributed by atoms with van der Waals surface area (Å²) >= 11 is 0. The van der Waals surface area contributed by atoms with Gasteiger partial charge < -0.3 is 9.84 Å². The minimum absolute atomic E-state index is 0.197. The van der Waals surface area contributed by atoms with Crippen LogP contribution < -0.4 is 0 Å². The molecule has 0 saturated carbocycles. The molecule has 0 radical (unpaired) electrons. The van der Waals surface area contributed by atoms with E-state index in [9.17, 15) is 9.59 Å². The summed E-state index contributed by atoms with van der Waals surface area (Å²) in [5, 5.41) is 8.94. The van der Waals surface area contributed by atoms with Crippen LogP contribution in [0.4, 0.5) is 0 Å². The van der Waals surface area contributed by atoms with Crippen LogP contribution in [0.25, 0.3) is 0 Å². The van der Waals surface area contributed by atoms with E-state index in [1.807, 2.05) is 13.0 Å². The van der Waals surface area contributed by atoms with E-state index in [-0.39, 0.29) is 6.42 Å². The van der Waals surface area contributed by atoms with E-state index in [1.54, 1.807) is 6.08 Å². The molecule has 0 bridgehead atoms. The maximum atomic E-state index is 11.9. The van der Waals surface area contributed by atoms with Gasteiger partial charge in [0.25, 0.3) is 0 Å². The van der Waals surface area contributed by atoms with Crippen LogP contribution in [0.15, 0.2) is 12.2 Å². The summed E-state index contributed by atoms with van der Waals surface area (Å²) in [4.78, 5) is 22.8. The molecule has 1 atom stereocenters. The van der Waals surface area contributed by atoms with E-state index >= 15 is 0 Å². The maximum absolute atomic E-state index is 11.9. The van der Waals surface area contributed by atoms with Crippen LogP contribution in [0.5, 0.6) is 0 Å². The molecule has 0 rings (SSSR count). The highest BCUT2D eigenvalue weighted by molar-refractivity contribution is 5.80. The van der Waals surface area contributed by atoms with Crippen LogP contribution in [0, 0.1) is 5.92 Å². The highest BCUT2D eigenvalue weighted by atomic mass is 16.5. The first-order valence-electron chi connectivity index (χ1n) is 11.7.